The van der Waals surface area contributed by atoms with Gasteiger partial charge in [0.25, 0.3) is 0 Å². The number of nitrogens with one attached hydrogen (secondary N) is 1. The van der Waals surface area contributed by atoms with Gasteiger partial charge >= 0.3 is 0 Å². The summed E-state index contributed by atoms with van der Waals surface area (Å²) < 4.78 is 40.6. The Balaban J connectivity index is 2.22. The third kappa shape index (κ3) is 7.93. The van der Waals surface area contributed by atoms with Gasteiger partial charge in [-0.3, -0.25) is 13.9 Å². The van der Waals surface area contributed by atoms with Crippen molar-refractivity contribution in [1.29, 1.82) is 0 Å². The van der Waals surface area contributed by atoms with Gasteiger partial charge in [0.1, 0.15) is 11.9 Å². The molecule has 2 amide bonds. The van der Waals surface area contributed by atoms with Crippen LogP contribution in [-0.2, 0) is 26.2 Å². The van der Waals surface area contributed by atoms with Crippen LogP contribution in [0.2, 0.25) is 5.02 Å². The lowest BCUT2D eigenvalue weighted by molar-refractivity contribution is -0.141. The molecule has 0 aliphatic carbocycles. The van der Waals surface area contributed by atoms with E-state index in [0.29, 0.717) is 21.8 Å². The van der Waals surface area contributed by atoms with E-state index in [4.69, 9.17) is 11.6 Å². The van der Waals surface area contributed by atoms with Gasteiger partial charge in [0, 0.05) is 36.1 Å². The lowest BCUT2D eigenvalue weighted by atomic mass is 10.1. The van der Waals surface area contributed by atoms with Crippen LogP contribution in [0.3, 0.4) is 0 Å². The number of rotatable bonds is 12. The summed E-state index contributed by atoms with van der Waals surface area (Å²) in [4.78, 5) is 27.4. The van der Waals surface area contributed by atoms with E-state index in [9.17, 15) is 22.4 Å². The summed E-state index contributed by atoms with van der Waals surface area (Å²) in [5, 5.41) is 3.30. The number of nitrogens with zero attached hydrogens (tertiary/aromatic N) is 2. The summed E-state index contributed by atoms with van der Waals surface area (Å²) in [6.07, 6.45) is 2.00. The maximum atomic E-state index is 14.4. The van der Waals surface area contributed by atoms with Crippen molar-refractivity contribution in [2.24, 2.45) is 0 Å². The van der Waals surface area contributed by atoms with Crippen LogP contribution in [0.25, 0.3) is 0 Å². The van der Waals surface area contributed by atoms with Crippen LogP contribution in [-0.4, -0.2) is 50.0 Å². The molecule has 0 bridgehead atoms. The summed E-state index contributed by atoms with van der Waals surface area (Å²) in [5.74, 6) is -1.17. The summed E-state index contributed by atoms with van der Waals surface area (Å²) in [5.41, 5.74) is 1.36. The Labute approximate surface area is 218 Å². The smallest absolute Gasteiger partial charge is 0.242 e. The second-order valence-corrected chi connectivity index (χ2v) is 11.2. The third-order valence-corrected chi connectivity index (χ3v) is 7.72. The molecule has 0 saturated heterocycles. The molecule has 1 N–H and O–H groups in total. The normalized spacial score (nSPS) is 13.1. The molecule has 2 unspecified atom stereocenters. The van der Waals surface area contributed by atoms with Gasteiger partial charge in [0.15, 0.2) is 0 Å². The van der Waals surface area contributed by atoms with Crippen LogP contribution in [0, 0.1) is 12.7 Å². The quantitative estimate of drug-likeness (QED) is 0.425. The molecule has 10 heteroatoms. The lowest BCUT2D eigenvalue weighted by Crippen LogP contribution is -2.49. The highest BCUT2D eigenvalue weighted by Crippen LogP contribution is 2.28. The average Bonchev–Trinajstić information content (AvgIpc) is 2.82. The summed E-state index contributed by atoms with van der Waals surface area (Å²) >= 11 is 6.18. The molecule has 0 aliphatic rings. The molecule has 0 radical (unpaired) electrons. The molecule has 0 aromatic heterocycles. The number of sulfonamides is 1. The fraction of sp³-hybridized carbons (Fsp3) is 0.462. The van der Waals surface area contributed by atoms with E-state index in [2.05, 4.69) is 5.32 Å². The monoisotopic (exact) mass is 539 g/mol. The fourth-order valence-electron chi connectivity index (χ4n) is 3.71. The highest BCUT2D eigenvalue weighted by Gasteiger charge is 2.28. The van der Waals surface area contributed by atoms with Crippen molar-refractivity contribution in [1.82, 2.24) is 10.2 Å². The molecule has 36 heavy (non-hydrogen) atoms. The average molecular weight is 540 g/mol. The molecule has 0 saturated carbocycles. The first kappa shape index (κ1) is 29.6. The zero-order chi connectivity index (χ0) is 27.0. The van der Waals surface area contributed by atoms with Crippen LogP contribution in [0.4, 0.5) is 10.1 Å². The van der Waals surface area contributed by atoms with Crippen LogP contribution >= 0.6 is 11.6 Å². The predicted octanol–water partition coefficient (Wildman–Crippen LogP) is 4.67. The SMILES string of the molecule is CCC(C)NC(=O)C(C)N(Cc1ccccc1F)C(=O)CCCN(c1cccc(Cl)c1C)S(C)(=O)=O. The molecule has 2 aromatic rings. The highest BCUT2D eigenvalue weighted by molar-refractivity contribution is 7.92. The Hall–Kier alpha value is -2.65. The number of anilines is 1. The number of hydrogen-bond acceptors (Lipinski definition) is 4. The van der Waals surface area contributed by atoms with Crippen molar-refractivity contribution >= 4 is 39.1 Å². The van der Waals surface area contributed by atoms with Crippen LogP contribution < -0.4 is 9.62 Å². The van der Waals surface area contributed by atoms with E-state index in [1.165, 1.54) is 15.3 Å². The minimum atomic E-state index is -3.64. The lowest BCUT2D eigenvalue weighted by Gasteiger charge is -2.30. The van der Waals surface area contributed by atoms with Crippen molar-refractivity contribution in [3.05, 3.63) is 64.4 Å². The van der Waals surface area contributed by atoms with Gasteiger partial charge in [0.2, 0.25) is 21.8 Å². The number of hydrogen-bond donors (Lipinski definition) is 1. The predicted molar refractivity (Wildman–Crippen MR) is 142 cm³/mol. The van der Waals surface area contributed by atoms with Gasteiger partial charge in [-0.1, -0.05) is 42.8 Å². The fourth-order valence-corrected chi connectivity index (χ4v) is 4.89. The Kier molecular flexibility index (Phi) is 10.7. The third-order valence-electron chi connectivity index (χ3n) is 6.13. The van der Waals surface area contributed by atoms with Gasteiger partial charge < -0.3 is 10.2 Å². The maximum Gasteiger partial charge on any atom is 0.242 e. The Morgan fingerprint density at radius 3 is 2.39 bits per heavy atom. The van der Waals surface area contributed by atoms with E-state index in [1.54, 1.807) is 50.2 Å². The molecule has 198 valence electrons. The van der Waals surface area contributed by atoms with Gasteiger partial charge in [-0.05, 0) is 57.4 Å². The van der Waals surface area contributed by atoms with Gasteiger partial charge in [0.05, 0.1) is 11.9 Å². The van der Waals surface area contributed by atoms with Crippen LogP contribution in [0.5, 0.6) is 0 Å². The standard InChI is InChI=1S/C26H35ClFN3O4S/c1-6-18(2)29-26(33)20(4)30(17-21-11-7-8-13-23(21)28)25(32)15-10-16-31(36(5,34)35)24-14-9-12-22(27)19(24)3/h7-9,11-14,18,20H,6,10,15-17H2,1-5H3,(H,29,33). The second kappa shape index (κ2) is 13.1. The first-order valence-electron chi connectivity index (χ1n) is 11.9. The van der Waals surface area contributed by atoms with E-state index in [1.807, 2.05) is 13.8 Å². The first-order valence-corrected chi connectivity index (χ1v) is 14.2. The van der Waals surface area contributed by atoms with Crippen molar-refractivity contribution in [3.63, 3.8) is 0 Å². The minimum absolute atomic E-state index is 0.0267. The van der Waals surface area contributed by atoms with Gasteiger partial charge in [-0.2, -0.15) is 0 Å². The van der Waals surface area contributed by atoms with Crippen LogP contribution in [0.15, 0.2) is 42.5 Å². The first-order chi connectivity index (χ1) is 16.9. The number of amides is 2. The zero-order valence-electron chi connectivity index (χ0n) is 21.4. The second-order valence-electron chi connectivity index (χ2n) is 8.93. The Morgan fingerprint density at radius 2 is 1.78 bits per heavy atom. The molecule has 2 rings (SSSR count). The topological polar surface area (TPSA) is 86.8 Å². The van der Waals surface area contributed by atoms with E-state index < -0.39 is 21.9 Å². The number of halogens is 2. The molecular formula is C26H35ClFN3O4S. The van der Waals surface area contributed by atoms with Gasteiger partial charge in [-0.15, -0.1) is 0 Å². The van der Waals surface area contributed by atoms with E-state index >= 15 is 0 Å². The minimum Gasteiger partial charge on any atom is -0.352 e. The molecular weight excluding hydrogens is 505 g/mol. The highest BCUT2D eigenvalue weighted by atomic mass is 35.5. The number of carbonyl (C=O) groups excluding carboxylic acids is 2. The van der Waals surface area contributed by atoms with Crippen molar-refractivity contribution < 1.29 is 22.4 Å². The number of benzene rings is 2. The van der Waals surface area contributed by atoms with E-state index in [-0.39, 0.29) is 43.8 Å². The molecule has 0 aliphatic heterocycles. The molecule has 0 heterocycles. The Morgan fingerprint density at radius 1 is 1.11 bits per heavy atom. The molecule has 2 atom stereocenters. The van der Waals surface area contributed by atoms with E-state index in [0.717, 1.165) is 12.7 Å². The van der Waals surface area contributed by atoms with Crippen molar-refractivity contribution in [3.8, 4) is 0 Å². The summed E-state index contributed by atoms with van der Waals surface area (Å²) in [7, 11) is -3.64. The van der Waals surface area contributed by atoms with Crippen LogP contribution in [0.1, 0.15) is 51.2 Å². The van der Waals surface area contributed by atoms with Crippen molar-refractivity contribution in [2.75, 3.05) is 17.1 Å². The zero-order valence-corrected chi connectivity index (χ0v) is 23.0. The molecule has 7 nitrogen and oxygen atoms in total. The molecule has 0 spiro atoms. The molecule has 2 aromatic carbocycles. The largest absolute Gasteiger partial charge is 0.352 e. The molecule has 0 fully saturated rings. The van der Waals surface area contributed by atoms with Gasteiger partial charge in [-0.25, -0.2) is 12.8 Å². The maximum absolute atomic E-state index is 14.4. The Bertz CT molecular complexity index is 1180. The summed E-state index contributed by atoms with van der Waals surface area (Å²) in [6, 6.07) is 10.2. The number of carbonyl (C=O) groups is 2. The summed E-state index contributed by atoms with van der Waals surface area (Å²) in [6.45, 7) is 7.11. The van der Waals surface area contributed by atoms with Crippen molar-refractivity contribution in [2.45, 2.75) is 65.6 Å².